The summed E-state index contributed by atoms with van der Waals surface area (Å²) in [4.78, 5) is 26.1. The van der Waals surface area contributed by atoms with E-state index in [-0.39, 0.29) is 30.6 Å². The van der Waals surface area contributed by atoms with Gasteiger partial charge < -0.3 is 19.5 Å². The molecule has 2 N–H and O–H groups in total. The molecule has 0 saturated carbocycles. The molecule has 0 radical (unpaired) electrons. The Morgan fingerprint density at radius 3 is 2.69 bits per heavy atom. The maximum atomic E-state index is 12.9. The van der Waals surface area contributed by atoms with Gasteiger partial charge in [-0.25, -0.2) is 0 Å². The maximum absolute atomic E-state index is 12.9. The number of rotatable bonds is 6. The van der Waals surface area contributed by atoms with E-state index in [2.05, 4.69) is 5.10 Å². The molecule has 3 rings (SSSR count). The molecule has 2 aromatic rings. The molecule has 0 aliphatic carbocycles. The molecular weight excluding hydrogens is 340 g/mol. The maximum Gasteiger partial charge on any atom is 0.323 e. The van der Waals surface area contributed by atoms with Crippen LogP contribution in [0.15, 0.2) is 10.9 Å². The van der Waals surface area contributed by atoms with Gasteiger partial charge in [0.25, 0.3) is 5.56 Å². The number of nitrogens with zero attached hydrogens (tertiary/aromatic N) is 4. The third kappa shape index (κ3) is 2.91. The third-order valence-corrected chi connectivity index (χ3v) is 4.79. The molecule has 0 fully saturated rings. The van der Waals surface area contributed by atoms with E-state index in [4.69, 9.17) is 4.74 Å². The molecule has 0 spiro atoms. The summed E-state index contributed by atoms with van der Waals surface area (Å²) in [5, 5.41) is 24.5. The van der Waals surface area contributed by atoms with Crippen LogP contribution >= 0.6 is 0 Å². The molecule has 0 aromatic carbocycles. The Balaban J connectivity index is 2.23. The van der Waals surface area contributed by atoms with Gasteiger partial charge in [0, 0.05) is 25.8 Å². The summed E-state index contributed by atoms with van der Waals surface area (Å²) in [6, 6.07) is 1.57. The lowest BCUT2D eigenvalue weighted by atomic mass is 10.1. The molecule has 9 nitrogen and oxygen atoms in total. The van der Waals surface area contributed by atoms with Crippen LogP contribution in [-0.4, -0.2) is 55.0 Å². The second-order valence-corrected chi connectivity index (χ2v) is 6.99. The number of ether oxygens (including phenoxy) is 1. The van der Waals surface area contributed by atoms with Crippen LogP contribution in [0.3, 0.4) is 0 Å². The predicted molar refractivity (Wildman–Crippen MR) is 93.0 cm³/mol. The van der Waals surface area contributed by atoms with Gasteiger partial charge in [0.05, 0.1) is 23.6 Å². The normalized spacial score (nSPS) is 18.6. The van der Waals surface area contributed by atoms with Gasteiger partial charge in [-0.3, -0.25) is 14.5 Å². The highest BCUT2D eigenvalue weighted by atomic mass is 16.5. The van der Waals surface area contributed by atoms with Crippen LogP contribution in [0.5, 0.6) is 0 Å². The summed E-state index contributed by atoms with van der Waals surface area (Å²) in [7, 11) is 1.57. The zero-order valence-electron chi connectivity index (χ0n) is 15.3. The Bertz CT molecular complexity index is 901. The molecule has 26 heavy (non-hydrogen) atoms. The first-order chi connectivity index (χ1) is 12.3. The van der Waals surface area contributed by atoms with Crippen molar-refractivity contribution in [3.05, 3.63) is 33.4 Å². The number of aliphatic hydroxyl groups excluding tert-OH is 1. The lowest BCUT2D eigenvalue weighted by Gasteiger charge is -2.27. The van der Waals surface area contributed by atoms with E-state index < -0.39 is 12.2 Å². The number of fused-ring (bicyclic) bond motifs is 2. The highest BCUT2D eigenvalue weighted by molar-refractivity contribution is 5.68. The van der Waals surface area contributed by atoms with Crippen LogP contribution in [0.1, 0.15) is 49.9 Å². The van der Waals surface area contributed by atoms with Crippen LogP contribution in [0.25, 0.3) is 5.65 Å². The van der Waals surface area contributed by atoms with Gasteiger partial charge in [-0.05, 0) is 12.8 Å². The van der Waals surface area contributed by atoms with Crippen molar-refractivity contribution < 1.29 is 19.7 Å². The lowest BCUT2D eigenvalue weighted by Crippen LogP contribution is -2.35. The topological polar surface area (TPSA) is 109 Å². The van der Waals surface area contributed by atoms with Crippen LogP contribution < -0.4 is 5.56 Å². The molecule has 9 heteroatoms. The Morgan fingerprint density at radius 1 is 1.42 bits per heavy atom. The van der Waals surface area contributed by atoms with Crippen molar-refractivity contribution in [3.63, 3.8) is 0 Å². The monoisotopic (exact) mass is 364 g/mol. The highest BCUT2D eigenvalue weighted by Gasteiger charge is 2.37. The van der Waals surface area contributed by atoms with Crippen molar-refractivity contribution >= 4 is 11.6 Å². The van der Waals surface area contributed by atoms with Crippen molar-refractivity contribution in [1.29, 1.82) is 0 Å². The number of hydrogen-bond donors (Lipinski definition) is 2. The predicted octanol–water partition coefficient (Wildman–Crippen LogP) is 0.545. The molecule has 3 heterocycles. The summed E-state index contributed by atoms with van der Waals surface area (Å²) in [5.41, 5.74) is 1.44. The highest BCUT2D eigenvalue weighted by Crippen LogP contribution is 2.33. The SMILES string of the molecule is COC[C@@H](C)N1Cc2c(n(CC(=O)O)c3cc(C(C)C)nn3c2=O)C1O. The van der Waals surface area contributed by atoms with E-state index in [0.29, 0.717) is 29.2 Å². The van der Waals surface area contributed by atoms with Gasteiger partial charge >= 0.3 is 5.97 Å². The summed E-state index contributed by atoms with van der Waals surface area (Å²) in [6.07, 6.45) is -1.08. The number of aliphatic carboxylic acids is 1. The van der Waals surface area contributed by atoms with Crippen molar-refractivity contribution in [2.45, 2.75) is 52.0 Å². The number of aromatic nitrogens is 3. The quantitative estimate of drug-likeness (QED) is 0.770. The number of carboxylic acids is 1. The van der Waals surface area contributed by atoms with E-state index in [1.54, 1.807) is 18.1 Å². The van der Waals surface area contributed by atoms with E-state index in [1.165, 1.54) is 9.08 Å². The summed E-state index contributed by atoms with van der Waals surface area (Å²) in [6.45, 7) is 6.01. The number of carboxylic acid groups (broad SMARTS) is 1. The zero-order valence-corrected chi connectivity index (χ0v) is 15.3. The van der Waals surface area contributed by atoms with E-state index in [9.17, 15) is 19.8 Å². The molecule has 0 saturated heterocycles. The van der Waals surface area contributed by atoms with Gasteiger partial charge in [-0.1, -0.05) is 13.8 Å². The van der Waals surface area contributed by atoms with Crippen LogP contribution in [0.4, 0.5) is 0 Å². The number of aliphatic hydroxyl groups is 1. The summed E-state index contributed by atoms with van der Waals surface area (Å²) in [5.74, 6) is -0.966. The fourth-order valence-electron chi connectivity index (χ4n) is 3.44. The second kappa shape index (κ2) is 6.82. The van der Waals surface area contributed by atoms with Crippen molar-refractivity contribution in [2.24, 2.45) is 0 Å². The molecule has 2 aromatic heterocycles. The standard InChI is InChI=1S/C17H24N4O5/c1-9(2)12-5-13-20(7-14(22)23)15-11(16(24)21(13)18-12)6-19(17(15)25)10(3)8-26-4/h5,9-10,17,25H,6-8H2,1-4H3,(H,22,23)/t10-,17?/m1/s1. The Labute approximate surface area is 150 Å². The number of carbonyl (C=O) groups is 1. The van der Waals surface area contributed by atoms with E-state index >= 15 is 0 Å². The van der Waals surface area contributed by atoms with Gasteiger partial charge in [0.1, 0.15) is 18.4 Å². The van der Waals surface area contributed by atoms with Crippen molar-refractivity contribution in [2.75, 3.05) is 13.7 Å². The first-order valence-corrected chi connectivity index (χ1v) is 8.56. The van der Waals surface area contributed by atoms with Crippen LogP contribution in [0, 0.1) is 0 Å². The first-order valence-electron chi connectivity index (χ1n) is 8.56. The molecule has 142 valence electrons. The van der Waals surface area contributed by atoms with Gasteiger partial charge in [-0.2, -0.15) is 9.61 Å². The minimum atomic E-state index is -1.08. The largest absolute Gasteiger partial charge is 0.480 e. The molecule has 1 unspecified atom stereocenters. The number of methoxy groups -OCH3 is 1. The average molecular weight is 364 g/mol. The first kappa shape index (κ1) is 18.6. The van der Waals surface area contributed by atoms with Gasteiger partial charge in [0.2, 0.25) is 0 Å². The zero-order chi connectivity index (χ0) is 19.2. The van der Waals surface area contributed by atoms with Crippen LogP contribution in [-0.2, 0) is 22.6 Å². The smallest absolute Gasteiger partial charge is 0.323 e. The molecule has 1 aliphatic heterocycles. The van der Waals surface area contributed by atoms with E-state index in [1.807, 2.05) is 20.8 Å². The van der Waals surface area contributed by atoms with Gasteiger partial charge in [0.15, 0.2) is 0 Å². The van der Waals surface area contributed by atoms with Crippen molar-refractivity contribution in [3.8, 4) is 0 Å². The molecule has 0 amide bonds. The summed E-state index contributed by atoms with van der Waals surface area (Å²) >= 11 is 0. The minimum Gasteiger partial charge on any atom is -0.480 e. The minimum absolute atomic E-state index is 0.0885. The Morgan fingerprint density at radius 2 is 2.12 bits per heavy atom. The lowest BCUT2D eigenvalue weighted by molar-refractivity contribution is -0.137. The van der Waals surface area contributed by atoms with E-state index in [0.717, 1.165) is 0 Å². The average Bonchev–Trinajstić information content (AvgIpc) is 3.14. The Hall–Kier alpha value is -2.23. The second-order valence-electron chi connectivity index (χ2n) is 6.99. The van der Waals surface area contributed by atoms with Gasteiger partial charge in [-0.15, -0.1) is 0 Å². The molecule has 0 bridgehead atoms. The number of hydrogen-bond acceptors (Lipinski definition) is 6. The molecule has 2 atom stereocenters. The van der Waals surface area contributed by atoms with Crippen LogP contribution in [0.2, 0.25) is 0 Å². The molecule has 1 aliphatic rings. The summed E-state index contributed by atoms with van der Waals surface area (Å²) < 4.78 is 7.86. The Kier molecular flexibility index (Phi) is 4.87. The fourth-order valence-corrected chi connectivity index (χ4v) is 3.44. The third-order valence-electron chi connectivity index (χ3n) is 4.79. The van der Waals surface area contributed by atoms with Crippen molar-refractivity contribution in [1.82, 2.24) is 19.1 Å². The molecular formula is C17H24N4O5. The fraction of sp³-hybridized carbons (Fsp3) is 0.588.